The summed E-state index contributed by atoms with van der Waals surface area (Å²) in [5.41, 5.74) is 0. The quantitative estimate of drug-likeness (QED) is 0.255. The minimum atomic E-state index is -0.828. The van der Waals surface area contributed by atoms with Crippen LogP contribution in [-0.4, -0.2) is 0 Å². The highest BCUT2D eigenvalue weighted by molar-refractivity contribution is 8.76. The van der Waals surface area contributed by atoms with Gasteiger partial charge in [0.15, 0.2) is 11.6 Å². The molecule has 0 spiro atoms. The summed E-state index contributed by atoms with van der Waals surface area (Å²) >= 11 is 34.6. The van der Waals surface area contributed by atoms with Crippen LogP contribution in [0.25, 0.3) is 0 Å². The zero-order chi connectivity index (χ0) is 16.6. The predicted octanol–water partition coefficient (Wildman–Crippen LogP) is 8.68. The fourth-order valence-electron chi connectivity index (χ4n) is 1.31. The highest BCUT2D eigenvalue weighted by atomic mass is 35.5. The molecule has 0 nitrogen and oxygen atoms in total. The van der Waals surface area contributed by atoms with Crippen LogP contribution in [0.4, 0.5) is 8.78 Å². The van der Waals surface area contributed by atoms with Crippen molar-refractivity contribution in [3.8, 4) is 0 Å². The number of hydrogen-bond donors (Lipinski definition) is 0. The molecule has 0 heterocycles. The van der Waals surface area contributed by atoms with Gasteiger partial charge in [0.25, 0.3) is 0 Å². The maximum Gasteiger partial charge on any atom is 0.163 e. The van der Waals surface area contributed by atoms with E-state index in [1.807, 2.05) is 0 Å². The third-order valence-electron chi connectivity index (χ3n) is 2.36. The number of hydrogen-bond acceptors (Lipinski definition) is 2. The molecule has 0 fully saturated rings. The van der Waals surface area contributed by atoms with Crippen molar-refractivity contribution in [1.29, 1.82) is 0 Å². The molecule has 22 heavy (non-hydrogen) atoms. The predicted molar refractivity (Wildman–Crippen MR) is 94.6 cm³/mol. The third-order valence-corrected chi connectivity index (χ3v) is 7.27. The Kier molecular flexibility index (Phi) is 6.72. The summed E-state index contributed by atoms with van der Waals surface area (Å²) < 4.78 is 27.5. The van der Waals surface area contributed by atoms with E-state index in [9.17, 15) is 8.78 Å². The van der Waals surface area contributed by atoms with Crippen LogP contribution in [0.5, 0.6) is 0 Å². The van der Waals surface area contributed by atoms with Crippen molar-refractivity contribution >= 4 is 91.2 Å². The average molecular weight is 461 g/mol. The monoisotopic (exact) mass is 458 g/mol. The fourth-order valence-corrected chi connectivity index (χ4v) is 5.19. The Morgan fingerprint density at radius 2 is 0.909 bits per heavy atom. The van der Waals surface area contributed by atoms with Crippen LogP contribution in [0.15, 0.2) is 21.9 Å². The molecule has 0 aromatic heterocycles. The minimum absolute atomic E-state index is 0.0121. The molecule has 0 amide bonds. The van der Waals surface area contributed by atoms with Crippen molar-refractivity contribution in [2.24, 2.45) is 0 Å². The molecule has 2 aromatic rings. The van der Waals surface area contributed by atoms with Gasteiger partial charge in [0.2, 0.25) is 0 Å². The second-order valence-electron chi connectivity index (χ2n) is 3.76. The highest BCUT2D eigenvalue weighted by Gasteiger charge is 2.18. The lowest BCUT2D eigenvalue weighted by Crippen LogP contribution is -1.86. The summed E-state index contributed by atoms with van der Waals surface area (Å²) in [5, 5.41) is -0.887. The van der Waals surface area contributed by atoms with Gasteiger partial charge in [-0.2, -0.15) is 0 Å². The van der Waals surface area contributed by atoms with E-state index in [1.54, 1.807) is 0 Å². The second kappa shape index (κ2) is 7.75. The molecule has 0 saturated heterocycles. The summed E-state index contributed by atoms with van der Waals surface area (Å²) in [6.45, 7) is 0. The van der Waals surface area contributed by atoms with E-state index >= 15 is 0 Å². The van der Waals surface area contributed by atoms with Crippen molar-refractivity contribution in [1.82, 2.24) is 0 Å². The van der Waals surface area contributed by atoms with Crippen LogP contribution in [0.2, 0.25) is 30.1 Å². The summed E-state index contributed by atoms with van der Waals surface area (Å²) in [4.78, 5) is 0.613. The molecular weight excluding hydrogens is 459 g/mol. The lowest BCUT2D eigenvalue weighted by atomic mass is 10.3. The van der Waals surface area contributed by atoms with E-state index in [1.165, 1.54) is 12.1 Å². The molecule has 118 valence electrons. The first-order chi connectivity index (χ1) is 10.2. The lowest BCUT2D eigenvalue weighted by molar-refractivity contribution is 0.625. The molecule has 0 bridgehead atoms. The van der Waals surface area contributed by atoms with E-state index in [2.05, 4.69) is 0 Å². The van der Waals surface area contributed by atoms with Gasteiger partial charge in [0.1, 0.15) is 0 Å². The third kappa shape index (κ3) is 3.86. The van der Waals surface area contributed by atoms with Crippen LogP contribution >= 0.6 is 91.2 Å². The molecule has 2 aromatic carbocycles. The number of halogens is 8. The minimum Gasteiger partial charge on any atom is -0.204 e. The Bertz CT molecular complexity index is 690. The van der Waals surface area contributed by atoms with Crippen LogP contribution in [0.1, 0.15) is 0 Å². The zero-order valence-electron chi connectivity index (χ0n) is 9.99. The summed E-state index contributed by atoms with van der Waals surface area (Å²) in [6.07, 6.45) is 0. The highest BCUT2D eigenvalue weighted by Crippen LogP contribution is 2.48. The summed E-state index contributed by atoms with van der Waals surface area (Å²) in [7, 11) is 2.05. The standard InChI is InChI=1S/C12H2Cl6F2S2/c13-3-1-5(9(17)11(19)7(3)15)21-22-6-2-4(14)8(16)12(20)10(6)18/h1-2H. The topological polar surface area (TPSA) is 0 Å². The van der Waals surface area contributed by atoms with Crippen molar-refractivity contribution in [2.75, 3.05) is 0 Å². The molecule has 0 unspecified atom stereocenters. The van der Waals surface area contributed by atoms with E-state index in [0.29, 0.717) is 9.79 Å². The van der Waals surface area contributed by atoms with Gasteiger partial charge in [0.05, 0.1) is 30.1 Å². The average Bonchev–Trinajstić information content (AvgIpc) is 2.49. The number of rotatable bonds is 3. The zero-order valence-corrected chi connectivity index (χ0v) is 16.2. The van der Waals surface area contributed by atoms with Crippen LogP contribution in [-0.2, 0) is 0 Å². The Morgan fingerprint density at radius 3 is 1.23 bits per heavy atom. The molecule has 0 radical (unpaired) electrons. The van der Waals surface area contributed by atoms with Gasteiger partial charge in [-0.3, -0.25) is 0 Å². The van der Waals surface area contributed by atoms with E-state index in [0.717, 1.165) is 21.6 Å². The van der Waals surface area contributed by atoms with Gasteiger partial charge in [-0.05, 0) is 12.1 Å². The van der Waals surface area contributed by atoms with Crippen molar-refractivity contribution in [2.45, 2.75) is 9.79 Å². The smallest absolute Gasteiger partial charge is 0.163 e. The van der Waals surface area contributed by atoms with Gasteiger partial charge in [-0.15, -0.1) is 0 Å². The first-order valence-corrected chi connectivity index (χ1v) is 9.66. The van der Waals surface area contributed by atoms with Gasteiger partial charge >= 0.3 is 0 Å². The van der Waals surface area contributed by atoms with E-state index in [4.69, 9.17) is 69.6 Å². The van der Waals surface area contributed by atoms with Gasteiger partial charge in [0, 0.05) is 9.79 Å². The Hall–Kier alpha value is 0.740. The Balaban J connectivity index is 2.32. The fraction of sp³-hybridized carbons (Fsp3) is 0. The molecule has 10 heteroatoms. The van der Waals surface area contributed by atoms with Crippen molar-refractivity contribution in [3.05, 3.63) is 53.9 Å². The molecule has 0 atom stereocenters. The van der Waals surface area contributed by atoms with Gasteiger partial charge in [-0.1, -0.05) is 91.2 Å². The van der Waals surface area contributed by atoms with Gasteiger partial charge in [-0.25, -0.2) is 8.78 Å². The molecule has 0 aliphatic heterocycles. The van der Waals surface area contributed by atoms with Crippen LogP contribution in [0.3, 0.4) is 0 Å². The molecule has 0 aliphatic rings. The van der Waals surface area contributed by atoms with Crippen LogP contribution in [0, 0.1) is 11.6 Å². The Labute approximate surface area is 162 Å². The molecule has 2 rings (SSSR count). The maximum absolute atomic E-state index is 13.7. The Morgan fingerprint density at radius 1 is 0.591 bits per heavy atom. The molecule has 0 saturated carbocycles. The molecule has 0 N–H and O–H groups in total. The van der Waals surface area contributed by atoms with Crippen molar-refractivity contribution < 1.29 is 8.78 Å². The molecular formula is C12H2Cl6F2S2. The summed E-state index contributed by atoms with van der Waals surface area (Å²) in [5.74, 6) is -1.66. The first kappa shape index (κ1) is 19.1. The van der Waals surface area contributed by atoms with E-state index in [-0.39, 0.29) is 30.1 Å². The van der Waals surface area contributed by atoms with E-state index < -0.39 is 11.6 Å². The normalized spacial score (nSPS) is 11.1. The van der Waals surface area contributed by atoms with Crippen molar-refractivity contribution in [3.63, 3.8) is 0 Å². The maximum atomic E-state index is 13.7. The van der Waals surface area contributed by atoms with Gasteiger partial charge < -0.3 is 0 Å². The number of benzene rings is 2. The van der Waals surface area contributed by atoms with Crippen LogP contribution < -0.4 is 0 Å². The first-order valence-electron chi connectivity index (χ1n) is 5.24. The largest absolute Gasteiger partial charge is 0.204 e. The SMILES string of the molecule is Fc1c(Cl)c(Cl)cc(SSc2cc(Cl)c(Cl)c(F)c2Cl)c1Cl. The molecule has 0 aliphatic carbocycles. The second-order valence-corrected chi connectivity index (χ2v) is 8.30. The lowest BCUT2D eigenvalue weighted by Gasteiger charge is -2.09. The summed E-state index contributed by atoms with van der Waals surface area (Å²) in [6, 6.07) is 2.80.